The minimum Gasteiger partial charge on any atom is -0.469 e. The van der Waals surface area contributed by atoms with Crippen LogP contribution in [0.25, 0.3) is 0 Å². The zero-order valence-corrected chi connectivity index (χ0v) is 17.5. The quantitative estimate of drug-likeness (QED) is 0.467. The van der Waals surface area contributed by atoms with E-state index >= 15 is 0 Å². The summed E-state index contributed by atoms with van der Waals surface area (Å²) in [7, 11) is 1.45. The molecule has 0 saturated carbocycles. The number of carbonyl (C=O) groups excluding carboxylic acids is 2. The molecular weight excluding hydrogens is 368 g/mol. The van der Waals surface area contributed by atoms with Crippen molar-refractivity contribution >= 4 is 23.5 Å². The van der Waals surface area contributed by atoms with Crippen molar-refractivity contribution in [2.75, 3.05) is 38.2 Å². The standard InChI is InChI=1S/C22H32N4O3/c1-3-23-22(25-14-11-18(12-15-25)21(28)29-2)24-16-17-7-9-19(10-8-17)26-13-5-4-6-20(26)27/h7-10,18H,3-6,11-16H2,1-2H3,(H,23,24). The van der Waals surface area contributed by atoms with Gasteiger partial charge >= 0.3 is 5.97 Å². The van der Waals surface area contributed by atoms with Crippen molar-refractivity contribution in [3.8, 4) is 0 Å². The number of hydrogen-bond donors (Lipinski definition) is 1. The summed E-state index contributed by atoms with van der Waals surface area (Å²) in [5, 5.41) is 3.36. The van der Waals surface area contributed by atoms with E-state index < -0.39 is 0 Å². The van der Waals surface area contributed by atoms with Crippen LogP contribution in [-0.2, 0) is 20.9 Å². The van der Waals surface area contributed by atoms with Gasteiger partial charge in [-0.2, -0.15) is 0 Å². The number of anilines is 1. The summed E-state index contributed by atoms with van der Waals surface area (Å²) in [6, 6.07) is 8.13. The normalized spacial score (nSPS) is 18.7. The summed E-state index contributed by atoms with van der Waals surface area (Å²) < 4.78 is 4.87. The number of guanidine groups is 1. The summed E-state index contributed by atoms with van der Waals surface area (Å²) in [6.45, 7) is 5.83. The van der Waals surface area contributed by atoms with Gasteiger partial charge in [-0.15, -0.1) is 0 Å². The third-order valence-electron chi connectivity index (χ3n) is 5.65. The van der Waals surface area contributed by atoms with E-state index in [0.717, 1.165) is 69.1 Å². The van der Waals surface area contributed by atoms with Crippen LogP contribution in [0, 0.1) is 5.92 Å². The van der Waals surface area contributed by atoms with Crippen LogP contribution in [0.1, 0.15) is 44.6 Å². The Morgan fingerprint density at radius 2 is 1.90 bits per heavy atom. The van der Waals surface area contributed by atoms with Gasteiger partial charge in [0.2, 0.25) is 5.91 Å². The van der Waals surface area contributed by atoms with Gasteiger partial charge in [0.25, 0.3) is 0 Å². The maximum Gasteiger partial charge on any atom is 0.308 e. The van der Waals surface area contributed by atoms with Crippen LogP contribution < -0.4 is 10.2 Å². The van der Waals surface area contributed by atoms with E-state index in [1.165, 1.54) is 7.11 Å². The number of rotatable bonds is 5. The van der Waals surface area contributed by atoms with E-state index in [2.05, 4.69) is 17.1 Å². The van der Waals surface area contributed by atoms with Gasteiger partial charge < -0.3 is 19.9 Å². The summed E-state index contributed by atoms with van der Waals surface area (Å²) in [4.78, 5) is 32.7. The number of ether oxygens (including phenoxy) is 1. The number of nitrogens with one attached hydrogen (secondary N) is 1. The van der Waals surface area contributed by atoms with Crippen LogP contribution in [0.15, 0.2) is 29.3 Å². The van der Waals surface area contributed by atoms with Crippen molar-refractivity contribution in [1.82, 2.24) is 10.2 Å². The fourth-order valence-corrected chi connectivity index (χ4v) is 3.95. The van der Waals surface area contributed by atoms with E-state index in [1.54, 1.807) is 0 Å². The molecule has 2 heterocycles. The Morgan fingerprint density at radius 3 is 2.52 bits per heavy atom. The van der Waals surface area contributed by atoms with Crippen molar-refractivity contribution in [3.05, 3.63) is 29.8 Å². The summed E-state index contributed by atoms with van der Waals surface area (Å²) in [6.07, 6.45) is 4.28. The van der Waals surface area contributed by atoms with Crippen LogP contribution in [0.5, 0.6) is 0 Å². The molecule has 0 spiro atoms. The number of carbonyl (C=O) groups is 2. The summed E-state index contributed by atoms with van der Waals surface area (Å²) in [5.41, 5.74) is 2.08. The SMILES string of the molecule is CCNC(=NCc1ccc(N2CCCCC2=O)cc1)N1CCC(C(=O)OC)CC1. The predicted molar refractivity (Wildman–Crippen MR) is 114 cm³/mol. The number of amides is 1. The molecule has 0 bridgehead atoms. The third kappa shape index (κ3) is 5.49. The Kier molecular flexibility index (Phi) is 7.49. The summed E-state index contributed by atoms with van der Waals surface area (Å²) >= 11 is 0. The second-order valence-electron chi connectivity index (χ2n) is 7.62. The molecule has 2 saturated heterocycles. The lowest BCUT2D eigenvalue weighted by Gasteiger charge is -2.33. The minimum absolute atomic E-state index is 0.0100. The number of esters is 1. The molecule has 2 aliphatic heterocycles. The molecule has 3 rings (SSSR count). The van der Waals surface area contributed by atoms with Gasteiger partial charge in [0.1, 0.15) is 0 Å². The molecule has 1 N–H and O–H groups in total. The highest BCUT2D eigenvalue weighted by atomic mass is 16.5. The van der Waals surface area contributed by atoms with Gasteiger partial charge in [0.05, 0.1) is 19.6 Å². The summed E-state index contributed by atoms with van der Waals surface area (Å²) in [5.74, 6) is 0.973. The monoisotopic (exact) mass is 400 g/mol. The number of benzene rings is 1. The topological polar surface area (TPSA) is 74.2 Å². The molecule has 158 valence electrons. The average molecular weight is 401 g/mol. The number of aliphatic imine (C=N–C) groups is 1. The molecule has 7 nitrogen and oxygen atoms in total. The number of piperidine rings is 2. The Hall–Kier alpha value is -2.57. The van der Waals surface area contributed by atoms with Crippen LogP contribution in [0.2, 0.25) is 0 Å². The molecule has 7 heteroatoms. The van der Waals surface area contributed by atoms with E-state index in [1.807, 2.05) is 29.2 Å². The lowest BCUT2D eigenvalue weighted by atomic mass is 9.97. The van der Waals surface area contributed by atoms with Gasteiger partial charge in [0, 0.05) is 38.3 Å². The molecule has 1 amide bonds. The molecule has 0 unspecified atom stereocenters. The second kappa shape index (κ2) is 10.3. The van der Waals surface area contributed by atoms with E-state index in [0.29, 0.717) is 13.0 Å². The molecule has 0 aliphatic carbocycles. The Labute approximate surface area is 173 Å². The van der Waals surface area contributed by atoms with Gasteiger partial charge in [-0.1, -0.05) is 12.1 Å². The van der Waals surface area contributed by atoms with Crippen molar-refractivity contribution in [1.29, 1.82) is 0 Å². The predicted octanol–water partition coefficient (Wildman–Crippen LogP) is 2.55. The zero-order valence-electron chi connectivity index (χ0n) is 17.5. The van der Waals surface area contributed by atoms with Crippen molar-refractivity contribution in [2.45, 2.75) is 45.6 Å². The number of likely N-dealkylation sites (tertiary alicyclic amines) is 1. The number of hydrogen-bond acceptors (Lipinski definition) is 4. The van der Waals surface area contributed by atoms with Gasteiger partial charge in [-0.25, -0.2) is 4.99 Å². The number of nitrogens with zero attached hydrogens (tertiary/aromatic N) is 3. The minimum atomic E-state index is -0.112. The highest BCUT2D eigenvalue weighted by molar-refractivity contribution is 5.94. The average Bonchev–Trinajstić information content (AvgIpc) is 2.77. The van der Waals surface area contributed by atoms with Crippen LogP contribution in [-0.4, -0.2) is 56.0 Å². The molecule has 0 aromatic heterocycles. The van der Waals surface area contributed by atoms with E-state index in [9.17, 15) is 9.59 Å². The van der Waals surface area contributed by atoms with Crippen molar-refractivity contribution < 1.29 is 14.3 Å². The third-order valence-corrected chi connectivity index (χ3v) is 5.65. The fourth-order valence-electron chi connectivity index (χ4n) is 3.95. The Morgan fingerprint density at radius 1 is 1.17 bits per heavy atom. The van der Waals surface area contributed by atoms with Crippen LogP contribution >= 0.6 is 0 Å². The smallest absolute Gasteiger partial charge is 0.308 e. The van der Waals surface area contributed by atoms with Crippen molar-refractivity contribution in [2.24, 2.45) is 10.9 Å². The van der Waals surface area contributed by atoms with E-state index in [4.69, 9.17) is 9.73 Å². The Bertz CT molecular complexity index is 724. The largest absolute Gasteiger partial charge is 0.469 e. The lowest BCUT2D eigenvalue weighted by Crippen LogP contribution is -2.46. The van der Waals surface area contributed by atoms with Crippen molar-refractivity contribution in [3.63, 3.8) is 0 Å². The molecule has 1 aromatic carbocycles. The highest BCUT2D eigenvalue weighted by Crippen LogP contribution is 2.22. The van der Waals surface area contributed by atoms with E-state index in [-0.39, 0.29) is 17.8 Å². The first-order chi connectivity index (χ1) is 14.1. The Balaban J connectivity index is 1.60. The first-order valence-electron chi connectivity index (χ1n) is 10.6. The molecule has 2 fully saturated rings. The fraction of sp³-hybridized carbons (Fsp3) is 0.591. The van der Waals surface area contributed by atoms with Crippen LogP contribution in [0.3, 0.4) is 0 Å². The first kappa shape index (κ1) is 21.1. The highest BCUT2D eigenvalue weighted by Gasteiger charge is 2.27. The molecule has 29 heavy (non-hydrogen) atoms. The molecule has 0 radical (unpaired) electrons. The molecule has 2 aliphatic rings. The number of methoxy groups -OCH3 is 1. The second-order valence-corrected chi connectivity index (χ2v) is 7.62. The lowest BCUT2D eigenvalue weighted by molar-refractivity contribution is -0.146. The zero-order chi connectivity index (χ0) is 20.6. The van der Waals surface area contributed by atoms with Gasteiger partial charge in [-0.3, -0.25) is 9.59 Å². The molecule has 1 aromatic rings. The van der Waals surface area contributed by atoms with Crippen LogP contribution in [0.4, 0.5) is 5.69 Å². The first-order valence-corrected chi connectivity index (χ1v) is 10.6. The molecular formula is C22H32N4O3. The van der Waals surface area contributed by atoms with Gasteiger partial charge in [0.15, 0.2) is 5.96 Å². The molecule has 0 atom stereocenters. The maximum atomic E-state index is 12.1. The van der Waals surface area contributed by atoms with Gasteiger partial charge in [-0.05, 0) is 50.3 Å². The maximum absolute atomic E-state index is 12.1.